The summed E-state index contributed by atoms with van der Waals surface area (Å²) in [4.78, 5) is 29.3. The minimum Gasteiger partial charge on any atom is -0.490 e. The van der Waals surface area contributed by atoms with Gasteiger partial charge >= 0.3 is 0 Å². The number of hydrogen-bond donors (Lipinski definition) is 2. The smallest absolute Gasteiger partial charge is 0.251 e. The quantitative estimate of drug-likeness (QED) is 0.274. The molecule has 9 heteroatoms. The van der Waals surface area contributed by atoms with Gasteiger partial charge in [0.1, 0.15) is 11.8 Å². The lowest BCUT2D eigenvalue weighted by Gasteiger charge is -2.22. The van der Waals surface area contributed by atoms with Crippen LogP contribution in [-0.4, -0.2) is 60.9 Å². The van der Waals surface area contributed by atoms with Crippen LogP contribution in [0.25, 0.3) is 5.57 Å². The summed E-state index contributed by atoms with van der Waals surface area (Å²) in [7, 11) is 3.65. The van der Waals surface area contributed by atoms with Crippen molar-refractivity contribution in [1.29, 1.82) is 5.26 Å². The van der Waals surface area contributed by atoms with Crippen LogP contribution in [0.1, 0.15) is 61.7 Å². The first-order valence-corrected chi connectivity index (χ1v) is 15.5. The molecule has 0 aromatic heterocycles. The zero-order valence-electron chi connectivity index (χ0n) is 26.8. The van der Waals surface area contributed by atoms with Gasteiger partial charge < -0.3 is 25.2 Å². The zero-order valence-corrected chi connectivity index (χ0v) is 28.4. The number of hydrogen-bond acceptors (Lipinski definition) is 6. The number of nitrogens with zero attached hydrogens (tertiary/aromatic N) is 3. The molecule has 44 heavy (non-hydrogen) atoms. The first-order valence-electron chi connectivity index (χ1n) is 14.7. The third kappa shape index (κ3) is 11.2. The number of carbonyl (C=O) groups excluding carboxylic acids is 2. The van der Waals surface area contributed by atoms with Crippen LogP contribution in [0.2, 0.25) is 0 Å². The molecule has 1 aliphatic rings. The van der Waals surface area contributed by atoms with Crippen LogP contribution in [0.15, 0.2) is 83.8 Å². The number of likely N-dealkylation sites (N-methyl/N-ethyl adjacent to an activating group) is 1. The fourth-order valence-corrected chi connectivity index (χ4v) is 4.62. The molecule has 1 atom stereocenters. The molecule has 0 aliphatic carbocycles. The molecule has 1 aliphatic heterocycles. The average Bonchev–Trinajstić information content (AvgIpc) is 2.99. The van der Waals surface area contributed by atoms with E-state index in [4.69, 9.17) is 4.74 Å². The number of benzene rings is 2. The van der Waals surface area contributed by atoms with E-state index >= 15 is 0 Å². The second-order valence-electron chi connectivity index (χ2n) is 10.6. The lowest BCUT2D eigenvalue weighted by molar-refractivity contribution is -0.121. The van der Waals surface area contributed by atoms with Crippen LogP contribution >= 0.6 is 15.9 Å². The molecule has 1 heterocycles. The Balaban J connectivity index is 0.00000330. The van der Waals surface area contributed by atoms with E-state index in [9.17, 15) is 14.9 Å². The van der Waals surface area contributed by atoms with Crippen molar-refractivity contribution in [3.8, 4) is 11.8 Å². The number of ether oxygens (including phenoxy) is 1. The summed E-state index contributed by atoms with van der Waals surface area (Å²) in [5, 5.41) is 15.5. The molecule has 234 valence electrons. The van der Waals surface area contributed by atoms with Crippen molar-refractivity contribution in [3.05, 3.63) is 106 Å². The molecule has 0 saturated carbocycles. The molecule has 2 N–H and O–H groups in total. The molecule has 0 saturated heterocycles. The van der Waals surface area contributed by atoms with Gasteiger partial charge in [-0.2, -0.15) is 5.26 Å². The van der Waals surface area contributed by atoms with Gasteiger partial charge in [0.05, 0.1) is 30.0 Å². The van der Waals surface area contributed by atoms with E-state index in [-0.39, 0.29) is 42.6 Å². The highest BCUT2D eigenvalue weighted by atomic mass is 79.9. The van der Waals surface area contributed by atoms with Gasteiger partial charge in [0.2, 0.25) is 5.91 Å². The molecule has 8 nitrogen and oxygen atoms in total. The second-order valence-corrected chi connectivity index (χ2v) is 11.5. The normalized spacial score (nSPS) is 13.5. The zero-order chi connectivity index (χ0) is 32.8. The largest absolute Gasteiger partial charge is 0.490 e. The summed E-state index contributed by atoms with van der Waals surface area (Å²) in [5.41, 5.74) is 4.61. The van der Waals surface area contributed by atoms with Crippen molar-refractivity contribution >= 4 is 33.3 Å². The van der Waals surface area contributed by atoms with E-state index < -0.39 is 0 Å². The Morgan fingerprint density at radius 2 is 1.80 bits per heavy atom. The number of allylic oxidation sites excluding steroid dienone is 4. The van der Waals surface area contributed by atoms with Gasteiger partial charge in [-0.3, -0.25) is 9.59 Å². The molecule has 0 spiro atoms. The Hall–Kier alpha value is -4.13. The predicted molar refractivity (Wildman–Crippen MR) is 182 cm³/mol. The maximum Gasteiger partial charge on any atom is 0.251 e. The molecule has 0 fully saturated rings. The topological polar surface area (TPSA) is 97.7 Å². The Bertz CT molecular complexity index is 1440. The summed E-state index contributed by atoms with van der Waals surface area (Å²) in [6.07, 6.45) is 8.28. The lowest BCUT2D eigenvalue weighted by Crippen LogP contribution is -2.46. The average molecular weight is 663 g/mol. The molecule has 0 bridgehead atoms. The fourth-order valence-electron chi connectivity index (χ4n) is 4.26. The molecule has 2 amide bonds. The van der Waals surface area contributed by atoms with Gasteiger partial charge in [-0.05, 0) is 104 Å². The van der Waals surface area contributed by atoms with E-state index in [1.807, 2.05) is 102 Å². The summed E-state index contributed by atoms with van der Waals surface area (Å²) >= 11 is 3.52. The molecule has 3 rings (SSSR count). The highest BCUT2D eigenvalue weighted by Crippen LogP contribution is 2.26. The van der Waals surface area contributed by atoms with Gasteiger partial charge in [-0.15, -0.1) is 0 Å². The predicted octanol–water partition coefficient (Wildman–Crippen LogP) is 6.37. The van der Waals surface area contributed by atoms with Crippen LogP contribution in [0.3, 0.4) is 0 Å². The lowest BCUT2D eigenvalue weighted by atomic mass is 10.0. The second kappa shape index (κ2) is 17.9. The summed E-state index contributed by atoms with van der Waals surface area (Å²) in [6, 6.07) is 14.7. The first kappa shape index (κ1) is 36.1. The number of nitriles is 1. The van der Waals surface area contributed by atoms with Gasteiger partial charge in [0.25, 0.3) is 5.91 Å². The van der Waals surface area contributed by atoms with Crippen LogP contribution in [0.5, 0.6) is 5.75 Å². The van der Waals surface area contributed by atoms with E-state index in [1.54, 1.807) is 17.0 Å². The number of nitrogens with one attached hydrogen (secondary N) is 2. The van der Waals surface area contributed by atoms with E-state index in [0.717, 1.165) is 26.9 Å². The number of amides is 2. The van der Waals surface area contributed by atoms with Gasteiger partial charge in [0.15, 0.2) is 0 Å². The number of rotatable bonds is 12. The molecule has 0 radical (unpaired) electrons. The SMILES string of the molecule is C=C1C(Br)=CC=CN1/C=C(\C)c1ccc(CC(CNC(=O)CN(C)C)NC(=O)c2ccc(OC(C)C)c(C#N)c2)cc1.CC. The standard InChI is InChI=1S/C33H38BrN5O3.C2H6/c1-22(2)42-31-14-13-27(17-28(31)18-35)33(41)37-29(19-36-32(40)21-38(5)6)16-25-9-11-26(12-10-25)23(3)20-39-15-7-8-30(34)24(39)4;1-2/h7-15,17,20,22,29H,4,16,19,21H2,1-3,5-6H3,(H,36,40)(H,37,41);1-2H3/b23-20+;. The Morgan fingerprint density at radius 3 is 2.41 bits per heavy atom. The van der Waals surface area contributed by atoms with Crippen molar-refractivity contribution in [2.45, 2.75) is 53.2 Å². The van der Waals surface area contributed by atoms with Crippen molar-refractivity contribution in [1.82, 2.24) is 20.4 Å². The Kier molecular flexibility index (Phi) is 14.6. The highest BCUT2D eigenvalue weighted by Gasteiger charge is 2.18. The minimum atomic E-state index is -0.380. The summed E-state index contributed by atoms with van der Waals surface area (Å²) in [6.45, 7) is 14.4. The van der Waals surface area contributed by atoms with E-state index in [2.05, 4.69) is 39.2 Å². The molecular weight excluding hydrogens is 618 g/mol. The first-order chi connectivity index (χ1) is 21.0. The van der Waals surface area contributed by atoms with E-state index in [0.29, 0.717) is 17.7 Å². The third-order valence-electron chi connectivity index (χ3n) is 6.37. The number of carbonyl (C=O) groups is 2. The molecule has 2 aromatic rings. The van der Waals surface area contributed by atoms with Crippen LogP contribution in [0, 0.1) is 11.3 Å². The van der Waals surface area contributed by atoms with Crippen molar-refractivity contribution < 1.29 is 14.3 Å². The minimum absolute atomic E-state index is 0.0991. The van der Waals surface area contributed by atoms with Crippen molar-refractivity contribution in [3.63, 3.8) is 0 Å². The molecule has 1 unspecified atom stereocenters. The highest BCUT2D eigenvalue weighted by molar-refractivity contribution is 9.12. The summed E-state index contributed by atoms with van der Waals surface area (Å²) < 4.78 is 6.61. The van der Waals surface area contributed by atoms with E-state index in [1.165, 1.54) is 6.07 Å². The Labute approximate surface area is 270 Å². The third-order valence-corrected chi connectivity index (χ3v) is 7.09. The van der Waals surface area contributed by atoms with Gasteiger partial charge in [0, 0.05) is 29.0 Å². The monoisotopic (exact) mass is 661 g/mol. The number of halogens is 1. The van der Waals surface area contributed by atoms with Gasteiger partial charge in [-0.25, -0.2) is 0 Å². The fraction of sp³-hybridized carbons (Fsp3) is 0.343. The maximum atomic E-state index is 13.2. The molecule has 2 aromatic carbocycles. The van der Waals surface area contributed by atoms with Crippen LogP contribution in [0.4, 0.5) is 0 Å². The maximum absolute atomic E-state index is 13.2. The van der Waals surface area contributed by atoms with Crippen LogP contribution < -0.4 is 15.4 Å². The van der Waals surface area contributed by atoms with Crippen molar-refractivity contribution in [2.75, 3.05) is 27.2 Å². The molecular formula is C35H44BrN5O3. The van der Waals surface area contributed by atoms with Crippen LogP contribution in [-0.2, 0) is 11.2 Å². The summed E-state index contributed by atoms with van der Waals surface area (Å²) in [5.74, 6) is -0.0299. The van der Waals surface area contributed by atoms with Gasteiger partial charge in [-0.1, -0.05) is 44.7 Å². The van der Waals surface area contributed by atoms with Crippen molar-refractivity contribution in [2.24, 2.45) is 0 Å². The Morgan fingerprint density at radius 1 is 1.14 bits per heavy atom.